The summed E-state index contributed by atoms with van der Waals surface area (Å²) in [5.74, 6) is -0.175. The molecular weight excluding hydrogens is 334 g/mol. The Morgan fingerprint density at radius 2 is 1.96 bits per heavy atom. The molecule has 0 radical (unpaired) electrons. The quantitative estimate of drug-likeness (QED) is 0.714. The normalized spacial score (nSPS) is 18.8. The number of methoxy groups -OCH3 is 1. The van der Waals surface area contributed by atoms with Crippen LogP contribution in [-0.4, -0.2) is 51.6 Å². The number of nitrogens with one attached hydrogen (secondary N) is 1. The van der Waals surface area contributed by atoms with Gasteiger partial charge in [0.25, 0.3) is 5.91 Å². The van der Waals surface area contributed by atoms with Gasteiger partial charge in [0.2, 0.25) is 0 Å². The molecule has 2 rings (SSSR count). The van der Waals surface area contributed by atoms with Crippen LogP contribution in [0.5, 0.6) is 5.75 Å². The van der Waals surface area contributed by atoms with Gasteiger partial charge in [-0.3, -0.25) is 9.59 Å². The number of hydrogen-bond acceptors (Lipinski definition) is 6. The summed E-state index contributed by atoms with van der Waals surface area (Å²) in [6, 6.07) is 6.95. The highest BCUT2D eigenvalue weighted by Crippen LogP contribution is 2.13. The van der Waals surface area contributed by atoms with Crippen molar-refractivity contribution in [2.45, 2.75) is 25.3 Å². The third kappa shape index (κ3) is 5.84. The molecule has 0 saturated carbocycles. The van der Waals surface area contributed by atoms with E-state index in [-0.39, 0.29) is 24.0 Å². The molecule has 1 fully saturated rings. The third-order valence-corrected chi connectivity index (χ3v) is 5.51. The van der Waals surface area contributed by atoms with Gasteiger partial charge in [-0.1, -0.05) is 12.1 Å². The van der Waals surface area contributed by atoms with Gasteiger partial charge < -0.3 is 14.8 Å². The van der Waals surface area contributed by atoms with Crippen molar-refractivity contribution in [3.05, 3.63) is 29.8 Å². The van der Waals surface area contributed by atoms with Crippen molar-refractivity contribution in [1.29, 1.82) is 0 Å². The lowest BCUT2D eigenvalue weighted by Crippen LogP contribution is -2.38. The van der Waals surface area contributed by atoms with Crippen LogP contribution < -0.4 is 10.1 Å². The van der Waals surface area contributed by atoms with Crippen LogP contribution in [0, 0.1) is 0 Å². The maximum atomic E-state index is 11.7. The zero-order chi connectivity index (χ0) is 17.6. The number of esters is 1. The van der Waals surface area contributed by atoms with Crippen molar-refractivity contribution >= 4 is 21.7 Å². The minimum atomic E-state index is -3.05. The van der Waals surface area contributed by atoms with Crippen LogP contribution in [0.1, 0.15) is 18.4 Å². The van der Waals surface area contributed by atoms with E-state index in [2.05, 4.69) is 5.32 Å². The highest BCUT2D eigenvalue weighted by Gasteiger charge is 2.28. The summed E-state index contributed by atoms with van der Waals surface area (Å²) in [7, 11) is -1.47. The lowest BCUT2D eigenvalue weighted by molar-refractivity contribution is -0.148. The van der Waals surface area contributed by atoms with E-state index >= 15 is 0 Å². The van der Waals surface area contributed by atoms with E-state index in [0.29, 0.717) is 12.8 Å². The molecule has 1 amide bonds. The average Bonchev–Trinajstić information content (AvgIpc) is 2.90. The number of sulfone groups is 1. The first-order chi connectivity index (χ1) is 11.4. The SMILES string of the molecule is COc1ccc(CCC(=O)OCC(=O)N[C@H]2CCS(=O)(=O)C2)cc1. The molecule has 7 nitrogen and oxygen atoms in total. The first kappa shape index (κ1) is 18.3. The average molecular weight is 355 g/mol. The Balaban J connectivity index is 1.66. The van der Waals surface area contributed by atoms with Crippen molar-refractivity contribution in [2.24, 2.45) is 0 Å². The Bertz CT molecular complexity index is 683. The third-order valence-electron chi connectivity index (χ3n) is 3.74. The number of rotatable bonds is 7. The van der Waals surface area contributed by atoms with Gasteiger partial charge in [-0.2, -0.15) is 0 Å². The van der Waals surface area contributed by atoms with Crippen LogP contribution in [0.3, 0.4) is 0 Å². The molecule has 1 aliphatic heterocycles. The van der Waals surface area contributed by atoms with Crippen LogP contribution in [0.2, 0.25) is 0 Å². The van der Waals surface area contributed by atoms with Gasteiger partial charge in [-0.15, -0.1) is 0 Å². The number of carbonyl (C=O) groups excluding carboxylic acids is 2. The molecule has 1 aromatic rings. The fourth-order valence-corrected chi connectivity index (χ4v) is 4.11. The molecule has 24 heavy (non-hydrogen) atoms. The zero-order valence-corrected chi connectivity index (χ0v) is 14.3. The summed E-state index contributed by atoms with van der Waals surface area (Å²) in [4.78, 5) is 23.3. The number of carbonyl (C=O) groups is 2. The Kier molecular flexibility index (Phi) is 6.19. The van der Waals surface area contributed by atoms with Crippen LogP contribution >= 0.6 is 0 Å². The highest BCUT2D eigenvalue weighted by atomic mass is 32.2. The minimum Gasteiger partial charge on any atom is -0.497 e. The number of benzene rings is 1. The topological polar surface area (TPSA) is 98.8 Å². The van der Waals surface area contributed by atoms with Crippen molar-refractivity contribution in [2.75, 3.05) is 25.2 Å². The largest absolute Gasteiger partial charge is 0.497 e. The molecule has 1 atom stereocenters. The lowest BCUT2D eigenvalue weighted by atomic mass is 10.1. The van der Waals surface area contributed by atoms with Crippen molar-refractivity contribution in [3.63, 3.8) is 0 Å². The zero-order valence-electron chi connectivity index (χ0n) is 13.5. The van der Waals surface area contributed by atoms with Crippen LogP contribution in [0.15, 0.2) is 24.3 Å². The second-order valence-corrected chi connectivity index (χ2v) is 7.90. The summed E-state index contributed by atoms with van der Waals surface area (Å²) in [5.41, 5.74) is 0.966. The Morgan fingerprint density at radius 1 is 1.25 bits per heavy atom. The molecular formula is C16H21NO6S. The van der Waals surface area contributed by atoms with E-state index < -0.39 is 28.3 Å². The van der Waals surface area contributed by atoms with E-state index in [1.807, 2.05) is 24.3 Å². The van der Waals surface area contributed by atoms with Gasteiger partial charge in [0.05, 0.1) is 18.6 Å². The summed E-state index contributed by atoms with van der Waals surface area (Å²) in [5, 5.41) is 2.57. The monoisotopic (exact) mass is 355 g/mol. The molecule has 1 heterocycles. The summed E-state index contributed by atoms with van der Waals surface area (Å²) < 4.78 is 32.6. The lowest BCUT2D eigenvalue weighted by Gasteiger charge is -2.11. The van der Waals surface area contributed by atoms with Gasteiger partial charge >= 0.3 is 5.97 Å². The minimum absolute atomic E-state index is 0.0514. The van der Waals surface area contributed by atoms with Crippen LogP contribution in [0.4, 0.5) is 0 Å². The molecule has 1 saturated heterocycles. The van der Waals surface area contributed by atoms with Crippen molar-refractivity contribution < 1.29 is 27.5 Å². The first-order valence-corrected chi connectivity index (χ1v) is 9.48. The van der Waals surface area contributed by atoms with E-state index in [9.17, 15) is 18.0 Å². The van der Waals surface area contributed by atoms with E-state index in [1.54, 1.807) is 7.11 Å². The molecule has 1 aliphatic rings. The predicted molar refractivity (Wildman–Crippen MR) is 87.5 cm³/mol. The number of amides is 1. The van der Waals surface area contributed by atoms with E-state index in [4.69, 9.17) is 9.47 Å². The van der Waals surface area contributed by atoms with E-state index in [0.717, 1.165) is 11.3 Å². The Hall–Kier alpha value is -2.09. The predicted octanol–water partition coefficient (Wildman–Crippen LogP) is 0.474. The Morgan fingerprint density at radius 3 is 2.54 bits per heavy atom. The van der Waals surface area contributed by atoms with Gasteiger partial charge in [0.15, 0.2) is 16.4 Å². The highest BCUT2D eigenvalue weighted by molar-refractivity contribution is 7.91. The molecule has 0 aromatic heterocycles. The number of hydrogen-bond donors (Lipinski definition) is 1. The van der Waals surface area contributed by atoms with Crippen LogP contribution in [-0.2, 0) is 30.6 Å². The van der Waals surface area contributed by atoms with Gasteiger partial charge in [0.1, 0.15) is 5.75 Å². The standard InChI is InChI=1S/C16H21NO6S/c1-22-14-5-2-12(3-6-14)4-7-16(19)23-10-15(18)17-13-8-9-24(20,21)11-13/h2-3,5-6,13H,4,7-11H2,1H3,(H,17,18)/t13-/m0/s1. The maximum absolute atomic E-state index is 11.7. The van der Waals surface area contributed by atoms with Gasteiger partial charge in [-0.25, -0.2) is 8.42 Å². The second-order valence-electron chi connectivity index (χ2n) is 5.68. The molecule has 0 bridgehead atoms. The first-order valence-electron chi connectivity index (χ1n) is 7.66. The molecule has 132 valence electrons. The fraction of sp³-hybridized carbons (Fsp3) is 0.500. The van der Waals surface area contributed by atoms with Gasteiger partial charge in [0, 0.05) is 12.5 Å². The smallest absolute Gasteiger partial charge is 0.306 e. The maximum Gasteiger partial charge on any atom is 0.306 e. The van der Waals surface area contributed by atoms with Gasteiger partial charge in [-0.05, 0) is 30.5 Å². The van der Waals surface area contributed by atoms with Crippen LogP contribution in [0.25, 0.3) is 0 Å². The second kappa shape index (κ2) is 8.14. The molecule has 0 spiro atoms. The number of ether oxygens (including phenoxy) is 2. The summed E-state index contributed by atoms with van der Waals surface area (Å²) >= 11 is 0. The van der Waals surface area contributed by atoms with E-state index in [1.165, 1.54) is 0 Å². The van der Waals surface area contributed by atoms with Crippen molar-refractivity contribution in [3.8, 4) is 5.75 Å². The molecule has 1 N–H and O–H groups in total. The number of aryl methyl sites for hydroxylation is 1. The molecule has 0 unspecified atom stereocenters. The summed E-state index contributed by atoms with van der Waals surface area (Å²) in [6.07, 6.45) is 1.07. The molecule has 0 aliphatic carbocycles. The Labute approximate surface area is 141 Å². The molecule has 1 aromatic carbocycles. The fourth-order valence-electron chi connectivity index (χ4n) is 2.43. The molecule has 8 heteroatoms. The summed E-state index contributed by atoms with van der Waals surface area (Å²) in [6.45, 7) is -0.391. The van der Waals surface area contributed by atoms with Crippen molar-refractivity contribution in [1.82, 2.24) is 5.32 Å².